The Morgan fingerprint density at radius 2 is 1.97 bits per heavy atom. The first-order valence-electron chi connectivity index (χ1n) is 12.4. The lowest BCUT2D eigenvalue weighted by Gasteiger charge is -2.38. The van der Waals surface area contributed by atoms with Crippen molar-refractivity contribution in [3.05, 3.63) is 53.2 Å². The van der Waals surface area contributed by atoms with Gasteiger partial charge in [-0.3, -0.25) is 9.69 Å². The Morgan fingerprint density at radius 1 is 1.20 bits per heavy atom. The smallest absolute Gasteiger partial charge is 0.407 e. The topological polar surface area (TPSA) is 91.1 Å². The van der Waals surface area contributed by atoms with E-state index in [1.165, 1.54) is 29.7 Å². The van der Waals surface area contributed by atoms with Crippen molar-refractivity contribution in [2.24, 2.45) is 0 Å². The highest BCUT2D eigenvalue weighted by Gasteiger charge is 2.40. The molecule has 1 aromatic heterocycles. The number of benzene rings is 1. The van der Waals surface area contributed by atoms with Gasteiger partial charge in [-0.2, -0.15) is 0 Å². The summed E-state index contributed by atoms with van der Waals surface area (Å²) >= 11 is 0. The highest BCUT2D eigenvalue weighted by Crippen LogP contribution is 2.40. The molecule has 1 saturated carbocycles. The van der Waals surface area contributed by atoms with Crippen LogP contribution in [0.25, 0.3) is 5.69 Å². The van der Waals surface area contributed by atoms with Gasteiger partial charge in [0.2, 0.25) is 11.8 Å². The van der Waals surface area contributed by atoms with Crippen LogP contribution >= 0.6 is 0 Å². The molecule has 1 unspecified atom stereocenters. The second-order valence-electron chi connectivity index (χ2n) is 9.84. The molecule has 1 fully saturated rings. The Labute approximate surface area is 205 Å². The van der Waals surface area contributed by atoms with E-state index < -0.39 is 12.1 Å². The van der Waals surface area contributed by atoms with Crippen LogP contribution < -0.4 is 4.74 Å². The molecule has 186 valence electrons. The Kier molecular flexibility index (Phi) is 6.51. The van der Waals surface area contributed by atoms with Crippen LogP contribution in [-0.2, 0) is 11.2 Å². The van der Waals surface area contributed by atoms with Crippen LogP contribution in [0.1, 0.15) is 48.0 Å². The molecule has 9 nitrogen and oxygen atoms in total. The standard InChI is InChI=1S/C26H33N5O4/c1-28(2)13-4-7-23(32)29-15-16-35-25-24-21(12-14-30(26(33)34)22(24)17-29)31(27-25)20-10-8-19(9-11-20)18-5-3-6-18/h4,7-11,18,22H,3,5-6,12-17H2,1-2H3,(H,33,34). The molecule has 0 radical (unpaired) electrons. The number of aromatic nitrogens is 2. The van der Waals surface area contributed by atoms with Gasteiger partial charge in [0.05, 0.1) is 29.5 Å². The first-order chi connectivity index (χ1) is 16.9. The number of carbonyl (C=O) groups is 2. The van der Waals surface area contributed by atoms with Crippen LogP contribution in [-0.4, -0.2) is 88.5 Å². The van der Waals surface area contributed by atoms with Crippen molar-refractivity contribution in [3.8, 4) is 11.6 Å². The maximum atomic E-state index is 12.9. The summed E-state index contributed by atoms with van der Waals surface area (Å²) in [6.45, 7) is 1.94. The number of likely N-dealkylation sites (N-methyl/N-ethyl adjacent to an activating group) is 1. The maximum Gasteiger partial charge on any atom is 0.407 e. The Bertz CT molecular complexity index is 1120. The minimum Gasteiger partial charge on any atom is -0.474 e. The molecular formula is C26H33N5O4. The van der Waals surface area contributed by atoms with Crippen LogP contribution in [0.3, 0.4) is 0 Å². The molecule has 5 rings (SSSR count). The third-order valence-corrected chi connectivity index (χ3v) is 7.28. The molecule has 2 aromatic rings. The maximum absolute atomic E-state index is 12.9. The van der Waals surface area contributed by atoms with E-state index in [1.54, 1.807) is 11.0 Å². The van der Waals surface area contributed by atoms with Gasteiger partial charge >= 0.3 is 6.09 Å². The Morgan fingerprint density at radius 3 is 2.63 bits per heavy atom. The van der Waals surface area contributed by atoms with Crippen molar-refractivity contribution in [1.82, 2.24) is 24.5 Å². The second-order valence-corrected chi connectivity index (χ2v) is 9.84. The van der Waals surface area contributed by atoms with E-state index in [1.807, 2.05) is 29.8 Å². The lowest BCUT2D eigenvalue weighted by Crippen LogP contribution is -2.47. The van der Waals surface area contributed by atoms with Gasteiger partial charge in [0.1, 0.15) is 6.61 Å². The molecular weight excluding hydrogens is 446 g/mol. The summed E-state index contributed by atoms with van der Waals surface area (Å²) in [5, 5.41) is 14.7. The summed E-state index contributed by atoms with van der Waals surface area (Å²) in [4.78, 5) is 30.1. The van der Waals surface area contributed by atoms with Gasteiger partial charge in [0.25, 0.3) is 0 Å². The van der Waals surface area contributed by atoms with Crippen molar-refractivity contribution in [2.75, 3.05) is 46.9 Å². The van der Waals surface area contributed by atoms with E-state index in [0.717, 1.165) is 16.9 Å². The summed E-state index contributed by atoms with van der Waals surface area (Å²) in [5.41, 5.74) is 4.04. The monoisotopic (exact) mass is 479 g/mol. The van der Waals surface area contributed by atoms with Gasteiger partial charge in [-0.25, -0.2) is 9.48 Å². The van der Waals surface area contributed by atoms with Crippen molar-refractivity contribution < 1.29 is 19.4 Å². The number of ether oxygens (including phenoxy) is 1. The summed E-state index contributed by atoms with van der Waals surface area (Å²) in [6.07, 6.45) is 6.72. The number of amides is 2. The molecule has 35 heavy (non-hydrogen) atoms. The minimum atomic E-state index is -1.000. The lowest BCUT2D eigenvalue weighted by molar-refractivity contribution is -0.127. The highest BCUT2D eigenvalue weighted by molar-refractivity contribution is 5.87. The normalized spacial score (nSPS) is 20.3. The van der Waals surface area contributed by atoms with Crippen LogP contribution in [0.15, 0.2) is 36.4 Å². The summed E-state index contributed by atoms with van der Waals surface area (Å²) in [6, 6.07) is 8.01. The largest absolute Gasteiger partial charge is 0.474 e. The highest BCUT2D eigenvalue weighted by atomic mass is 16.5. The molecule has 2 aliphatic heterocycles. The number of carboxylic acid groups (broad SMARTS) is 1. The number of carbonyl (C=O) groups excluding carboxylic acids is 1. The summed E-state index contributed by atoms with van der Waals surface area (Å²) in [7, 11) is 3.88. The summed E-state index contributed by atoms with van der Waals surface area (Å²) < 4.78 is 7.94. The average Bonchev–Trinajstić information content (AvgIpc) is 3.14. The molecule has 1 N–H and O–H groups in total. The van der Waals surface area contributed by atoms with Crippen LogP contribution in [0, 0.1) is 0 Å². The number of hydrogen-bond donors (Lipinski definition) is 1. The van der Waals surface area contributed by atoms with Gasteiger partial charge in [-0.1, -0.05) is 24.6 Å². The van der Waals surface area contributed by atoms with E-state index in [-0.39, 0.29) is 12.5 Å². The predicted octanol–water partition coefficient (Wildman–Crippen LogP) is 3.06. The van der Waals surface area contributed by atoms with E-state index in [0.29, 0.717) is 44.5 Å². The fraction of sp³-hybridized carbons (Fsp3) is 0.500. The average molecular weight is 480 g/mol. The van der Waals surface area contributed by atoms with E-state index in [2.05, 4.69) is 24.3 Å². The number of rotatable bonds is 5. The zero-order chi connectivity index (χ0) is 24.5. The summed E-state index contributed by atoms with van der Waals surface area (Å²) in [5.74, 6) is 0.983. The first-order valence-corrected chi connectivity index (χ1v) is 12.4. The third-order valence-electron chi connectivity index (χ3n) is 7.28. The molecule has 1 aliphatic carbocycles. The predicted molar refractivity (Wildman–Crippen MR) is 131 cm³/mol. The fourth-order valence-electron chi connectivity index (χ4n) is 5.15. The molecule has 0 spiro atoms. The molecule has 3 aliphatic rings. The van der Waals surface area contributed by atoms with E-state index in [4.69, 9.17) is 9.84 Å². The quantitative estimate of drug-likeness (QED) is 0.663. The molecule has 1 aromatic carbocycles. The first kappa shape index (κ1) is 23.4. The SMILES string of the molecule is CN(C)CC=CC(=O)N1CCOc2nn(-c3ccc(C4CCC4)cc3)c3c2C(C1)N(C(=O)O)CC3. The second kappa shape index (κ2) is 9.73. The van der Waals surface area contributed by atoms with Gasteiger partial charge < -0.3 is 19.6 Å². The van der Waals surface area contributed by atoms with E-state index >= 15 is 0 Å². The fourth-order valence-corrected chi connectivity index (χ4v) is 5.15. The molecule has 0 bridgehead atoms. The van der Waals surface area contributed by atoms with Gasteiger partial charge in [-0.15, -0.1) is 5.10 Å². The molecule has 3 heterocycles. The zero-order valence-electron chi connectivity index (χ0n) is 20.4. The van der Waals surface area contributed by atoms with Crippen LogP contribution in [0.5, 0.6) is 5.88 Å². The lowest BCUT2D eigenvalue weighted by atomic mass is 9.80. The Hall–Kier alpha value is -3.33. The van der Waals surface area contributed by atoms with Crippen molar-refractivity contribution in [2.45, 2.75) is 37.6 Å². The van der Waals surface area contributed by atoms with Crippen molar-refractivity contribution in [1.29, 1.82) is 0 Å². The van der Waals surface area contributed by atoms with Crippen molar-refractivity contribution >= 4 is 12.0 Å². The molecule has 2 amide bonds. The van der Waals surface area contributed by atoms with E-state index in [9.17, 15) is 14.7 Å². The molecule has 9 heteroatoms. The van der Waals surface area contributed by atoms with Crippen molar-refractivity contribution in [3.63, 3.8) is 0 Å². The zero-order valence-corrected chi connectivity index (χ0v) is 20.4. The number of hydrogen-bond acceptors (Lipinski definition) is 5. The van der Waals surface area contributed by atoms with Gasteiger partial charge in [0.15, 0.2) is 0 Å². The van der Waals surface area contributed by atoms with Crippen LogP contribution in [0.2, 0.25) is 0 Å². The van der Waals surface area contributed by atoms with Gasteiger partial charge in [-0.05, 0) is 50.6 Å². The molecule has 1 atom stereocenters. The minimum absolute atomic E-state index is 0.143. The number of nitrogens with zero attached hydrogens (tertiary/aromatic N) is 5. The Balaban J connectivity index is 1.46. The van der Waals surface area contributed by atoms with Gasteiger partial charge in [0, 0.05) is 32.1 Å². The third kappa shape index (κ3) is 4.65. The van der Waals surface area contributed by atoms with Crippen LogP contribution in [0.4, 0.5) is 4.79 Å². The molecule has 0 saturated heterocycles.